The molecule has 5 heteroatoms. The molecular weight excluding hydrogens is 244 g/mol. The van der Waals surface area contributed by atoms with Crippen LogP contribution in [-0.2, 0) is 9.59 Å². The Morgan fingerprint density at radius 3 is 2.63 bits per heavy atom. The van der Waals surface area contributed by atoms with Gasteiger partial charge in [-0.25, -0.2) is 0 Å². The normalized spacial score (nSPS) is 35.7. The first-order chi connectivity index (χ1) is 9.13. The smallest absolute Gasteiger partial charge is 0.236 e. The van der Waals surface area contributed by atoms with Crippen LogP contribution in [0.2, 0.25) is 0 Å². The number of hydrogen-bond acceptors (Lipinski definition) is 4. The van der Waals surface area contributed by atoms with Gasteiger partial charge in [0.25, 0.3) is 0 Å². The number of likely N-dealkylation sites (tertiary alicyclic amines) is 2. The lowest BCUT2D eigenvalue weighted by atomic mass is 10.00. The van der Waals surface area contributed by atoms with Crippen LogP contribution in [0.5, 0.6) is 0 Å². The van der Waals surface area contributed by atoms with Crippen molar-refractivity contribution < 1.29 is 14.7 Å². The summed E-state index contributed by atoms with van der Waals surface area (Å²) in [5, 5.41) is 9.87. The van der Waals surface area contributed by atoms with Gasteiger partial charge in [0.2, 0.25) is 5.91 Å². The van der Waals surface area contributed by atoms with Gasteiger partial charge in [-0.15, -0.1) is 0 Å². The first kappa shape index (κ1) is 13.1. The highest BCUT2D eigenvalue weighted by atomic mass is 16.3. The molecule has 0 aromatic rings. The maximum Gasteiger partial charge on any atom is 0.236 e. The topological polar surface area (TPSA) is 60.9 Å². The summed E-state index contributed by atoms with van der Waals surface area (Å²) >= 11 is 0. The molecule has 106 valence electrons. The van der Waals surface area contributed by atoms with E-state index in [4.69, 9.17) is 0 Å². The van der Waals surface area contributed by atoms with Gasteiger partial charge in [-0.2, -0.15) is 0 Å². The zero-order valence-electron chi connectivity index (χ0n) is 11.3. The van der Waals surface area contributed by atoms with Crippen molar-refractivity contribution in [1.29, 1.82) is 0 Å². The predicted molar refractivity (Wildman–Crippen MR) is 69.5 cm³/mol. The molecule has 2 heterocycles. The molecule has 2 saturated heterocycles. The zero-order valence-corrected chi connectivity index (χ0v) is 11.3. The van der Waals surface area contributed by atoms with Crippen LogP contribution in [0, 0.1) is 11.8 Å². The number of carbonyl (C=O) groups is 2. The molecule has 2 aliphatic heterocycles. The third-order valence-electron chi connectivity index (χ3n) is 4.93. The zero-order chi connectivity index (χ0) is 13.4. The van der Waals surface area contributed by atoms with Gasteiger partial charge in [-0.05, 0) is 18.8 Å². The highest BCUT2D eigenvalue weighted by Gasteiger charge is 2.42. The van der Waals surface area contributed by atoms with Crippen molar-refractivity contribution in [1.82, 2.24) is 9.80 Å². The molecule has 5 nitrogen and oxygen atoms in total. The quantitative estimate of drug-likeness (QED) is 0.757. The van der Waals surface area contributed by atoms with E-state index >= 15 is 0 Å². The van der Waals surface area contributed by atoms with Crippen molar-refractivity contribution in [2.45, 2.75) is 31.8 Å². The number of ketones is 1. The summed E-state index contributed by atoms with van der Waals surface area (Å²) in [5.41, 5.74) is 0. The molecule has 0 aromatic heterocycles. The minimum absolute atomic E-state index is 0.141. The molecule has 1 aliphatic carbocycles. The van der Waals surface area contributed by atoms with E-state index in [1.165, 1.54) is 0 Å². The minimum atomic E-state index is -0.169. The molecule has 0 spiro atoms. The number of aliphatic hydroxyl groups excluding tert-OH is 1. The van der Waals surface area contributed by atoms with E-state index in [1.807, 2.05) is 4.90 Å². The lowest BCUT2D eigenvalue weighted by Crippen LogP contribution is -2.44. The van der Waals surface area contributed by atoms with Crippen LogP contribution in [0.3, 0.4) is 0 Å². The first-order valence-electron chi connectivity index (χ1n) is 7.33. The molecule has 3 unspecified atom stereocenters. The van der Waals surface area contributed by atoms with Crippen molar-refractivity contribution in [2.24, 2.45) is 11.8 Å². The number of piperidine rings is 1. The molecule has 19 heavy (non-hydrogen) atoms. The van der Waals surface area contributed by atoms with Crippen LogP contribution in [0.1, 0.15) is 25.7 Å². The second kappa shape index (κ2) is 5.21. The van der Waals surface area contributed by atoms with Crippen molar-refractivity contribution >= 4 is 11.7 Å². The van der Waals surface area contributed by atoms with Gasteiger partial charge in [-0.3, -0.25) is 14.5 Å². The van der Waals surface area contributed by atoms with Gasteiger partial charge in [-0.1, -0.05) is 0 Å². The monoisotopic (exact) mass is 266 g/mol. The standard InChI is InChI=1S/C14H22N2O3/c17-11-3-5-16(6-4-11)14(19)9-15-7-10-1-2-13(18)12(10)8-15/h10,12-13,18H,1-9H2. The lowest BCUT2D eigenvalue weighted by molar-refractivity contribution is -0.135. The Hall–Kier alpha value is -0.940. The van der Waals surface area contributed by atoms with E-state index in [2.05, 4.69) is 4.90 Å². The van der Waals surface area contributed by atoms with Crippen LogP contribution >= 0.6 is 0 Å². The fourth-order valence-corrected chi connectivity index (χ4v) is 3.75. The summed E-state index contributed by atoms with van der Waals surface area (Å²) in [7, 11) is 0. The number of rotatable bonds is 2. The van der Waals surface area contributed by atoms with Gasteiger partial charge >= 0.3 is 0 Å². The Kier molecular flexibility index (Phi) is 3.58. The van der Waals surface area contributed by atoms with Crippen molar-refractivity contribution in [3.05, 3.63) is 0 Å². The summed E-state index contributed by atoms with van der Waals surface area (Å²) in [6.07, 6.45) is 2.86. The van der Waals surface area contributed by atoms with E-state index in [0.29, 0.717) is 44.3 Å². The average Bonchev–Trinajstić information content (AvgIpc) is 2.93. The van der Waals surface area contributed by atoms with E-state index < -0.39 is 0 Å². The highest BCUT2D eigenvalue weighted by Crippen LogP contribution is 2.37. The summed E-state index contributed by atoms with van der Waals surface area (Å²) in [6.45, 7) is 3.42. The highest BCUT2D eigenvalue weighted by molar-refractivity contribution is 5.84. The predicted octanol–water partition coefficient (Wildman–Crippen LogP) is -0.119. The molecule has 1 N–H and O–H groups in total. The molecule has 3 aliphatic rings. The molecule has 0 aromatic carbocycles. The van der Waals surface area contributed by atoms with Crippen molar-refractivity contribution in [3.63, 3.8) is 0 Å². The van der Waals surface area contributed by atoms with Gasteiger partial charge in [0.05, 0.1) is 12.6 Å². The SMILES string of the molecule is O=C1CCN(C(=O)CN2CC3CCC(O)C3C2)CC1. The number of carbonyl (C=O) groups excluding carboxylic acids is 2. The number of Topliss-reactive ketones (excluding diaryl/α,β-unsaturated/α-hetero) is 1. The maximum atomic E-state index is 12.2. The van der Waals surface area contributed by atoms with Gasteiger partial charge in [0.1, 0.15) is 5.78 Å². The second-order valence-corrected chi connectivity index (χ2v) is 6.18. The van der Waals surface area contributed by atoms with Crippen LogP contribution in [0.4, 0.5) is 0 Å². The number of fused-ring (bicyclic) bond motifs is 1. The summed E-state index contributed by atoms with van der Waals surface area (Å²) in [5.74, 6) is 1.35. The minimum Gasteiger partial charge on any atom is -0.393 e. The Balaban J connectivity index is 1.49. The summed E-state index contributed by atoms with van der Waals surface area (Å²) in [4.78, 5) is 27.3. The molecule has 1 saturated carbocycles. The average molecular weight is 266 g/mol. The Morgan fingerprint density at radius 2 is 1.95 bits per heavy atom. The molecule has 3 fully saturated rings. The van der Waals surface area contributed by atoms with Crippen LogP contribution < -0.4 is 0 Å². The third-order valence-corrected chi connectivity index (χ3v) is 4.93. The van der Waals surface area contributed by atoms with E-state index in [-0.39, 0.29) is 17.8 Å². The maximum absolute atomic E-state index is 12.2. The molecule has 0 radical (unpaired) electrons. The molecule has 3 rings (SSSR count). The number of hydrogen-bond donors (Lipinski definition) is 1. The molecule has 0 bridgehead atoms. The third kappa shape index (κ3) is 2.67. The van der Waals surface area contributed by atoms with Crippen molar-refractivity contribution in [2.75, 3.05) is 32.7 Å². The van der Waals surface area contributed by atoms with E-state index in [9.17, 15) is 14.7 Å². The van der Waals surface area contributed by atoms with E-state index in [1.54, 1.807) is 0 Å². The molecule has 3 atom stereocenters. The summed E-state index contributed by atoms with van der Waals surface area (Å²) in [6, 6.07) is 0. The lowest BCUT2D eigenvalue weighted by Gasteiger charge is -2.28. The number of amides is 1. The van der Waals surface area contributed by atoms with Crippen molar-refractivity contribution in [3.8, 4) is 0 Å². The van der Waals surface area contributed by atoms with Crippen LogP contribution in [0.25, 0.3) is 0 Å². The second-order valence-electron chi connectivity index (χ2n) is 6.18. The van der Waals surface area contributed by atoms with Crippen LogP contribution in [-0.4, -0.2) is 65.4 Å². The van der Waals surface area contributed by atoms with E-state index in [0.717, 1.165) is 25.9 Å². The Bertz CT molecular complexity index is 375. The molecule has 1 amide bonds. The van der Waals surface area contributed by atoms with Gasteiger partial charge < -0.3 is 10.0 Å². The Labute approximate surface area is 113 Å². The van der Waals surface area contributed by atoms with Gasteiger partial charge in [0, 0.05) is 44.9 Å². The summed E-state index contributed by atoms with van der Waals surface area (Å²) < 4.78 is 0. The number of aliphatic hydroxyl groups is 1. The first-order valence-corrected chi connectivity index (χ1v) is 7.33. The number of nitrogens with zero attached hydrogens (tertiary/aromatic N) is 2. The fourth-order valence-electron chi connectivity index (χ4n) is 3.75. The largest absolute Gasteiger partial charge is 0.393 e. The fraction of sp³-hybridized carbons (Fsp3) is 0.857. The Morgan fingerprint density at radius 1 is 1.21 bits per heavy atom. The van der Waals surface area contributed by atoms with Gasteiger partial charge in [0.15, 0.2) is 0 Å². The van der Waals surface area contributed by atoms with Crippen LogP contribution in [0.15, 0.2) is 0 Å². The molecular formula is C14H22N2O3.